The van der Waals surface area contributed by atoms with Gasteiger partial charge in [-0.15, -0.1) is 0 Å². The Balaban J connectivity index is 1.46. The molecule has 0 bridgehead atoms. The van der Waals surface area contributed by atoms with Crippen LogP contribution in [0.4, 0.5) is 0 Å². The van der Waals surface area contributed by atoms with E-state index in [4.69, 9.17) is 0 Å². The van der Waals surface area contributed by atoms with E-state index in [-0.39, 0.29) is 0 Å². The fourth-order valence-corrected chi connectivity index (χ4v) is 7.99. The quantitative estimate of drug-likeness (QED) is 0.217. The Labute approximate surface area is 214 Å². The third-order valence-corrected chi connectivity index (χ3v) is 9.92. The van der Waals surface area contributed by atoms with Gasteiger partial charge in [0.2, 0.25) is 0 Å². The van der Waals surface area contributed by atoms with Crippen LogP contribution < -0.4 is 0 Å². The van der Waals surface area contributed by atoms with E-state index in [1.54, 1.807) is 0 Å². The van der Waals surface area contributed by atoms with E-state index in [1.807, 2.05) is 23.5 Å². The minimum absolute atomic E-state index is 1.16. The van der Waals surface area contributed by atoms with Gasteiger partial charge in [-0.05, 0) is 69.5 Å². The van der Waals surface area contributed by atoms with Crippen molar-refractivity contribution in [1.29, 1.82) is 0 Å². The first-order valence-corrected chi connectivity index (χ1v) is 13.6. The van der Waals surface area contributed by atoms with E-state index in [2.05, 4.69) is 130 Å². The van der Waals surface area contributed by atoms with Gasteiger partial charge in [-0.1, -0.05) is 90.3 Å². The molecule has 7 rings (SSSR count). The molecule has 1 aliphatic rings. The number of fused-ring (bicyclic) bond motifs is 5. The van der Waals surface area contributed by atoms with Crippen molar-refractivity contribution in [2.24, 2.45) is 0 Å². The van der Waals surface area contributed by atoms with Crippen LogP contribution in [0.1, 0.15) is 0 Å². The molecule has 34 heavy (non-hydrogen) atoms. The average Bonchev–Trinajstić information content (AvgIpc) is 3.22. The van der Waals surface area contributed by atoms with Crippen molar-refractivity contribution in [3.05, 3.63) is 114 Å². The molecule has 0 N–H and O–H groups in total. The van der Waals surface area contributed by atoms with Gasteiger partial charge >= 0.3 is 0 Å². The smallest absolute Gasteiger partial charge is 0.0547 e. The lowest BCUT2D eigenvalue weighted by molar-refractivity contribution is 1.14. The minimum Gasteiger partial charge on any atom is -0.309 e. The van der Waals surface area contributed by atoms with E-state index in [9.17, 15) is 0 Å². The number of benzene rings is 5. The summed E-state index contributed by atoms with van der Waals surface area (Å²) in [5.74, 6) is 0. The highest BCUT2D eigenvalue weighted by Gasteiger charge is 2.22. The van der Waals surface area contributed by atoms with Crippen molar-refractivity contribution in [1.82, 2.24) is 4.57 Å². The molecule has 0 spiro atoms. The third kappa shape index (κ3) is 3.17. The number of para-hydroxylation sites is 2. The van der Waals surface area contributed by atoms with Crippen LogP contribution in [0.25, 0.3) is 38.6 Å². The van der Waals surface area contributed by atoms with Crippen LogP contribution in [-0.2, 0) is 0 Å². The summed E-state index contributed by atoms with van der Waals surface area (Å²) in [5, 5.41) is 2.56. The largest absolute Gasteiger partial charge is 0.309 e. The highest BCUT2D eigenvalue weighted by atomic mass is 79.9. The highest BCUT2D eigenvalue weighted by molar-refractivity contribution is 9.10. The second kappa shape index (κ2) is 8.09. The molecule has 0 atom stereocenters. The molecule has 4 heteroatoms. The monoisotopic (exact) mass is 535 g/mol. The molecule has 1 aromatic heterocycles. The van der Waals surface area contributed by atoms with E-state index in [0.717, 1.165) is 4.47 Å². The predicted molar refractivity (Wildman–Crippen MR) is 149 cm³/mol. The van der Waals surface area contributed by atoms with Gasteiger partial charge in [-0.25, -0.2) is 0 Å². The number of hydrogen-bond acceptors (Lipinski definition) is 2. The molecule has 1 nitrogen and oxygen atoms in total. The van der Waals surface area contributed by atoms with Gasteiger partial charge < -0.3 is 4.57 Å². The summed E-state index contributed by atoms with van der Waals surface area (Å²) in [7, 11) is 0. The summed E-state index contributed by atoms with van der Waals surface area (Å²) in [6.07, 6.45) is 0. The van der Waals surface area contributed by atoms with Gasteiger partial charge in [-0.2, -0.15) is 0 Å². The molecule has 0 fully saturated rings. The summed E-state index contributed by atoms with van der Waals surface area (Å²) < 4.78 is 3.54. The SMILES string of the molecule is Brc1cccc2c1Sc1c(cccc1-c1ccc3c4ccccc4n(-c4ccccc4)c3c1)S2. The molecule has 5 aromatic carbocycles. The summed E-state index contributed by atoms with van der Waals surface area (Å²) in [4.78, 5) is 5.25. The van der Waals surface area contributed by atoms with Crippen LogP contribution in [0.2, 0.25) is 0 Å². The zero-order valence-electron chi connectivity index (χ0n) is 18.0. The number of rotatable bonds is 2. The van der Waals surface area contributed by atoms with Crippen LogP contribution >= 0.6 is 39.5 Å². The van der Waals surface area contributed by atoms with E-state index < -0.39 is 0 Å². The molecule has 0 saturated heterocycles. The third-order valence-electron chi connectivity index (χ3n) is 6.33. The number of hydrogen-bond donors (Lipinski definition) is 0. The van der Waals surface area contributed by atoms with Crippen LogP contribution in [0.3, 0.4) is 0 Å². The number of nitrogens with zero attached hydrogens (tertiary/aromatic N) is 1. The standard InChI is InChI=1S/C30H18BrNS2/c31-24-12-7-15-28-30(24)34-29-21(11-6-14-27(29)33-28)19-16-17-23-22-10-4-5-13-25(22)32(26(23)18-19)20-8-2-1-3-9-20/h1-18H. The van der Waals surface area contributed by atoms with E-state index in [0.29, 0.717) is 0 Å². The summed E-state index contributed by atoms with van der Waals surface area (Å²) in [6.45, 7) is 0. The minimum atomic E-state index is 1.16. The molecule has 0 unspecified atom stereocenters. The van der Waals surface area contributed by atoms with Crippen molar-refractivity contribution in [2.45, 2.75) is 19.6 Å². The highest BCUT2D eigenvalue weighted by Crippen LogP contribution is 2.53. The van der Waals surface area contributed by atoms with Gasteiger partial charge in [-0.3, -0.25) is 0 Å². The molecule has 0 radical (unpaired) electrons. The Bertz CT molecular complexity index is 1720. The van der Waals surface area contributed by atoms with Gasteiger partial charge in [0, 0.05) is 40.5 Å². The van der Waals surface area contributed by atoms with Crippen molar-refractivity contribution in [3.63, 3.8) is 0 Å². The molecule has 162 valence electrons. The lowest BCUT2D eigenvalue weighted by Gasteiger charge is -2.22. The van der Waals surface area contributed by atoms with Crippen molar-refractivity contribution < 1.29 is 0 Å². The van der Waals surface area contributed by atoms with Crippen LogP contribution in [-0.4, -0.2) is 4.57 Å². The summed E-state index contributed by atoms with van der Waals surface area (Å²) >= 11 is 7.49. The van der Waals surface area contributed by atoms with Crippen molar-refractivity contribution in [3.8, 4) is 16.8 Å². The maximum Gasteiger partial charge on any atom is 0.0547 e. The lowest BCUT2D eigenvalue weighted by atomic mass is 10.0. The summed E-state index contributed by atoms with van der Waals surface area (Å²) in [5.41, 5.74) is 6.18. The zero-order valence-corrected chi connectivity index (χ0v) is 21.3. The first-order valence-electron chi connectivity index (χ1n) is 11.1. The Morgan fingerprint density at radius 3 is 2.18 bits per heavy atom. The van der Waals surface area contributed by atoms with Gasteiger partial charge in [0.1, 0.15) is 0 Å². The predicted octanol–water partition coefficient (Wildman–Crippen LogP) is 9.83. The van der Waals surface area contributed by atoms with Gasteiger partial charge in [0.05, 0.1) is 11.0 Å². The average molecular weight is 537 g/mol. The second-order valence-corrected chi connectivity index (χ2v) is 11.3. The second-order valence-electron chi connectivity index (χ2n) is 8.32. The maximum absolute atomic E-state index is 3.76. The Morgan fingerprint density at radius 1 is 0.559 bits per heavy atom. The van der Waals surface area contributed by atoms with Crippen LogP contribution in [0.15, 0.2) is 133 Å². The first kappa shape index (κ1) is 20.5. The Kier molecular flexibility index (Phi) is 4.87. The van der Waals surface area contributed by atoms with Crippen LogP contribution in [0, 0.1) is 0 Å². The molecule has 0 saturated carbocycles. The van der Waals surface area contributed by atoms with Crippen LogP contribution in [0.5, 0.6) is 0 Å². The lowest BCUT2D eigenvalue weighted by Crippen LogP contribution is -1.95. The normalized spacial score (nSPS) is 12.6. The molecular weight excluding hydrogens is 518 g/mol. The Morgan fingerprint density at radius 2 is 1.29 bits per heavy atom. The Hall–Kier alpha value is -2.92. The van der Waals surface area contributed by atoms with E-state index in [1.165, 1.54) is 58.2 Å². The summed E-state index contributed by atoms with van der Waals surface area (Å²) in [6, 6.07) is 39.4. The van der Waals surface area contributed by atoms with Gasteiger partial charge in [0.15, 0.2) is 0 Å². The number of aromatic nitrogens is 1. The molecule has 1 aliphatic heterocycles. The van der Waals surface area contributed by atoms with E-state index >= 15 is 0 Å². The molecule has 0 aliphatic carbocycles. The number of halogens is 1. The zero-order chi connectivity index (χ0) is 22.6. The van der Waals surface area contributed by atoms with Crippen molar-refractivity contribution >= 4 is 61.3 Å². The fraction of sp³-hybridized carbons (Fsp3) is 0. The van der Waals surface area contributed by atoms with Crippen molar-refractivity contribution in [2.75, 3.05) is 0 Å². The molecule has 2 heterocycles. The fourth-order valence-electron chi connectivity index (χ4n) is 4.81. The molecular formula is C30H18BrNS2. The molecule has 0 amide bonds. The van der Waals surface area contributed by atoms with Gasteiger partial charge in [0.25, 0.3) is 0 Å². The maximum atomic E-state index is 3.76. The molecule has 6 aromatic rings. The first-order chi connectivity index (χ1) is 16.8. The topological polar surface area (TPSA) is 4.93 Å².